The van der Waals surface area contributed by atoms with Crippen LogP contribution >= 0.6 is 0 Å². The molecule has 0 saturated carbocycles. The van der Waals surface area contributed by atoms with Crippen LogP contribution in [0.3, 0.4) is 0 Å². The lowest BCUT2D eigenvalue weighted by molar-refractivity contribution is -0.0632. The molecule has 2 aliphatic heterocycles. The Morgan fingerprint density at radius 2 is 2.25 bits per heavy atom. The molecule has 1 N–H and O–H groups in total. The molecule has 2 aliphatic rings. The maximum atomic E-state index is 10.3. The summed E-state index contributed by atoms with van der Waals surface area (Å²) in [6, 6.07) is 0. The van der Waals surface area contributed by atoms with Gasteiger partial charge in [0.05, 0.1) is 5.60 Å². The number of hydrogen-bond donors (Lipinski definition) is 1. The van der Waals surface area contributed by atoms with Gasteiger partial charge in [0.25, 0.3) is 0 Å². The van der Waals surface area contributed by atoms with Crippen molar-refractivity contribution in [2.24, 2.45) is 11.8 Å². The lowest BCUT2D eigenvalue weighted by Gasteiger charge is -2.40. The van der Waals surface area contributed by atoms with Crippen LogP contribution in [0.2, 0.25) is 0 Å². The van der Waals surface area contributed by atoms with E-state index in [0.717, 1.165) is 18.9 Å². The van der Waals surface area contributed by atoms with Gasteiger partial charge >= 0.3 is 0 Å². The minimum absolute atomic E-state index is 0.389. The summed E-state index contributed by atoms with van der Waals surface area (Å²) in [7, 11) is 0. The molecule has 2 saturated heterocycles. The first kappa shape index (κ1) is 8.52. The van der Waals surface area contributed by atoms with Crippen LogP contribution in [0.25, 0.3) is 0 Å². The van der Waals surface area contributed by atoms with Crippen molar-refractivity contribution in [1.29, 1.82) is 0 Å². The van der Waals surface area contributed by atoms with E-state index in [0.29, 0.717) is 5.92 Å². The quantitative estimate of drug-likeness (QED) is 0.635. The van der Waals surface area contributed by atoms with Crippen LogP contribution in [0.5, 0.6) is 0 Å². The number of nitrogens with zero attached hydrogens (tertiary/aromatic N) is 1. The van der Waals surface area contributed by atoms with Crippen LogP contribution in [0.1, 0.15) is 26.7 Å². The van der Waals surface area contributed by atoms with Crippen molar-refractivity contribution in [3.8, 4) is 0 Å². The van der Waals surface area contributed by atoms with Gasteiger partial charge in [0.2, 0.25) is 0 Å². The van der Waals surface area contributed by atoms with E-state index in [1.165, 1.54) is 19.5 Å². The third kappa shape index (κ3) is 1.27. The summed E-state index contributed by atoms with van der Waals surface area (Å²) >= 11 is 0. The summed E-state index contributed by atoms with van der Waals surface area (Å²) in [4.78, 5) is 2.41. The van der Waals surface area contributed by atoms with E-state index < -0.39 is 0 Å². The maximum absolute atomic E-state index is 10.3. The van der Waals surface area contributed by atoms with Gasteiger partial charge in [-0.1, -0.05) is 13.8 Å². The number of hydrogen-bond acceptors (Lipinski definition) is 2. The van der Waals surface area contributed by atoms with Crippen molar-refractivity contribution in [2.75, 3.05) is 19.6 Å². The molecule has 3 atom stereocenters. The lowest BCUT2D eigenvalue weighted by atomic mass is 9.80. The van der Waals surface area contributed by atoms with E-state index in [-0.39, 0.29) is 5.60 Å². The minimum atomic E-state index is -0.389. The van der Waals surface area contributed by atoms with Crippen molar-refractivity contribution in [3.63, 3.8) is 0 Å². The Kier molecular flexibility index (Phi) is 1.92. The van der Waals surface area contributed by atoms with E-state index in [4.69, 9.17) is 0 Å². The zero-order valence-corrected chi connectivity index (χ0v) is 8.08. The van der Waals surface area contributed by atoms with E-state index >= 15 is 0 Å². The number of piperidine rings is 1. The van der Waals surface area contributed by atoms with Gasteiger partial charge in [0.1, 0.15) is 0 Å². The van der Waals surface area contributed by atoms with Crippen LogP contribution in [-0.4, -0.2) is 35.2 Å². The van der Waals surface area contributed by atoms with Crippen LogP contribution < -0.4 is 0 Å². The summed E-state index contributed by atoms with van der Waals surface area (Å²) in [5.74, 6) is 1.17. The van der Waals surface area contributed by atoms with Gasteiger partial charge in [-0.05, 0) is 31.2 Å². The highest BCUT2D eigenvalue weighted by atomic mass is 16.3. The fraction of sp³-hybridized carbons (Fsp3) is 1.00. The van der Waals surface area contributed by atoms with Gasteiger partial charge in [-0.2, -0.15) is 0 Å². The predicted molar refractivity (Wildman–Crippen MR) is 49.0 cm³/mol. The topological polar surface area (TPSA) is 23.5 Å². The fourth-order valence-electron chi connectivity index (χ4n) is 2.59. The van der Waals surface area contributed by atoms with Crippen molar-refractivity contribution in [2.45, 2.75) is 32.3 Å². The molecule has 2 nitrogen and oxygen atoms in total. The molecule has 70 valence electrons. The molecule has 0 aromatic carbocycles. The second-order valence-corrected chi connectivity index (χ2v) is 4.85. The Bertz CT molecular complexity index is 167. The second-order valence-electron chi connectivity index (χ2n) is 4.85. The third-order valence-electron chi connectivity index (χ3n) is 3.58. The van der Waals surface area contributed by atoms with Gasteiger partial charge in [-0.15, -0.1) is 0 Å². The smallest absolute Gasteiger partial charge is 0.0799 e. The second kappa shape index (κ2) is 2.71. The van der Waals surface area contributed by atoms with Crippen LogP contribution in [-0.2, 0) is 0 Å². The molecule has 0 aliphatic carbocycles. The van der Waals surface area contributed by atoms with Crippen LogP contribution in [0.15, 0.2) is 0 Å². The molecular weight excluding hydrogens is 150 g/mol. The monoisotopic (exact) mass is 169 g/mol. The first-order valence-corrected chi connectivity index (χ1v) is 5.05. The molecule has 0 radical (unpaired) electrons. The van der Waals surface area contributed by atoms with Crippen molar-refractivity contribution in [3.05, 3.63) is 0 Å². The van der Waals surface area contributed by atoms with E-state index in [2.05, 4.69) is 18.7 Å². The molecule has 0 aromatic rings. The highest BCUT2D eigenvalue weighted by Crippen LogP contribution is 2.36. The van der Waals surface area contributed by atoms with Gasteiger partial charge in [-0.25, -0.2) is 0 Å². The zero-order chi connectivity index (χ0) is 8.77. The molecule has 0 spiro atoms. The predicted octanol–water partition coefficient (Wildman–Crippen LogP) is 1.10. The lowest BCUT2D eigenvalue weighted by Crippen LogP contribution is -2.50. The zero-order valence-electron chi connectivity index (χ0n) is 8.08. The third-order valence-corrected chi connectivity index (χ3v) is 3.58. The Morgan fingerprint density at radius 3 is 2.83 bits per heavy atom. The maximum Gasteiger partial charge on any atom is 0.0799 e. The first-order valence-electron chi connectivity index (χ1n) is 5.05. The minimum Gasteiger partial charge on any atom is -0.388 e. The standard InChI is InChI=1S/C10H19NO/c1-8(2)10(12)5-9-3-4-11(6-9)7-10/h8-9,12H,3-7H2,1-2H3/t9-,10-/m0/s1. The number of fused-ring (bicyclic) bond motifs is 2. The van der Waals surface area contributed by atoms with Gasteiger partial charge < -0.3 is 10.0 Å². The molecule has 1 unspecified atom stereocenters. The van der Waals surface area contributed by atoms with Crippen molar-refractivity contribution in [1.82, 2.24) is 4.90 Å². The van der Waals surface area contributed by atoms with Gasteiger partial charge in [-0.3, -0.25) is 0 Å². The van der Waals surface area contributed by atoms with E-state index in [9.17, 15) is 5.11 Å². The van der Waals surface area contributed by atoms with Crippen molar-refractivity contribution >= 4 is 0 Å². The summed E-state index contributed by atoms with van der Waals surface area (Å²) in [5, 5.41) is 10.3. The Labute approximate surface area is 74.6 Å². The molecule has 2 bridgehead atoms. The van der Waals surface area contributed by atoms with Crippen LogP contribution in [0, 0.1) is 11.8 Å². The fourth-order valence-corrected chi connectivity index (χ4v) is 2.59. The largest absolute Gasteiger partial charge is 0.388 e. The number of aliphatic hydroxyl groups is 1. The molecule has 0 amide bonds. The summed E-state index contributed by atoms with van der Waals surface area (Å²) in [6.45, 7) is 7.60. The summed E-state index contributed by atoms with van der Waals surface area (Å²) < 4.78 is 0. The van der Waals surface area contributed by atoms with Gasteiger partial charge in [0, 0.05) is 13.1 Å². The molecule has 2 heterocycles. The normalized spacial score (nSPS) is 47.0. The van der Waals surface area contributed by atoms with Crippen molar-refractivity contribution < 1.29 is 5.11 Å². The summed E-state index contributed by atoms with van der Waals surface area (Å²) in [6.07, 6.45) is 2.33. The SMILES string of the molecule is CC(C)[C@]1(O)C[C@@H]2CCN(C2)C1. The average Bonchev–Trinajstić information content (AvgIpc) is 2.30. The highest BCUT2D eigenvalue weighted by molar-refractivity contribution is 4.96. The Morgan fingerprint density at radius 1 is 1.50 bits per heavy atom. The molecule has 2 fully saturated rings. The van der Waals surface area contributed by atoms with Crippen LogP contribution in [0.4, 0.5) is 0 Å². The molecule has 2 heteroatoms. The molecule has 2 rings (SSSR count). The molecule has 12 heavy (non-hydrogen) atoms. The number of rotatable bonds is 1. The molecule has 0 aromatic heterocycles. The Hall–Kier alpha value is -0.0800. The Balaban J connectivity index is 2.10. The first-order chi connectivity index (χ1) is 5.60. The van der Waals surface area contributed by atoms with E-state index in [1.807, 2.05) is 0 Å². The average molecular weight is 169 g/mol. The summed E-state index contributed by atoms with van der Waals surface area (Å²) in [5.41, 5.74) is -0.389. The van der Waals surface area contributed by atoms with Gasteiger partial charge in [0.15, 0.2) is 0 Å². The molecular formula is C10H19NO. The highest BCUT2D eigenvalue weighted by Gasteiger charge is 2.43. The van der Waals surface area contributed by atoms with E-state index in [1.54, 1.807) is 0 Å².